The number of aromatic nitrogens is 1. The normalized spacial score (nSPS) is 11.4. The number of nitrogens with two attached hydrogens (primary N) is 3. The molecule has 0 fully saturated rings. The van der Waals surface area contributed by atoms with Crippen LogP contribution < -0.4 is 17.2 Å². The van der Waals surface area contributed by atoms with Crippen molar-refractivity contribution in [3.8, 4) is 0 Å². The number of amidine groups is 1. The second kappa shape index (κ2) is 4.82. The topological polar surface area (TPSA) is 116 Å². The van der Waals surface area contributed by atoms with Crippen LogP contribution in [0, 0.1) is 0 Å². The van der Waals surface area contributed by atoms with Crippen LogP contribution in [0.1, 0.15) is 0 Å². The molecular formula is C6H10N6S2. The Balaban J connectivity index is 2.74. The van der Waals surface area contributed by atoms with Crippen molar-refractivity contribution in [3.63, 3.8) is 0 Å². The summed E-state index contributed by atoms with van der Waals surface area (Å²) < 4.78 is 0.896. The quantitative estimate of drug-likeness (QED) is 0.378. The number of nitrogens with zero attached hydrogens (tertiary/aromatic N) is 3. The summed E-state index contributed by atoms with van der Waals surface area (Å²) in [4.78, 5) is 11.6. The lowest BCUT2D eigenvalue weighted by Crippen LogP contribution is -2.21. The van der Waals surface area contributed by atoms with Crippen LogP contribution in [0.3, 0.4) is 0 Å². The second-order valence-electron chi connectivity index (χ2n) is 2.16. The highest BCUT2D eigenvalue weighted by Gasteiger charge is 2.03. The molecule has 76 valence electrons. The fourth-order valence-corrected chi connectivity index (χ4v) is 2.20. The number of guanidine groups is 1. The Morgan fingerprint density at radius 1 is 1.50 bits per heavy atom. The summed E-state index contributed by atoms with van der Waals surface area (Å²) in [5, 5.41) is 0.987. The molecule has 0 amide bonds. The summed E-state index contributed by atoms with van der Waals surface area (Å²) >= 11 is 2.67. The number of hydrogen-bond acceptors (Lipinski definition) is 5. The molecule has 0 saturated carbocycles. The van der Waals surface area contributed by atoms with Crippen LogP contribution >= 0.6 is 23.1 Å². The van der Waals surface area contributed by atoms with E-state index in [0.29, 0.717) is 10.3 Å². The Morgan fingerprint density at radius 3 is 2.79 bits per heavy atom. The molecule has 0 aliphatic rings. The highest BCUT2D eigenvalue weighted by atomic mass is 32.2. The molecule has 1 aromatic heterocycles. The standard InChI is InChI=1S/C6H10N6S2/c1-10-5(9)13-3-2-11-6(14-3)12-4(7)8/h2H,1H3,(H2,9,10)(H4,7,8,11,12). The van der Waals surface area contributed by atoms with Crippen molar-refractivity contribution in [2.24, 2.45) is 27.2 Å². The Labute approximate surface area is 89.3 Å². The molecule has 0 aromatic carbocycles. The van der Waals surface area contributed by atoms with Gasteiger partial charge < -0.3 is 17.2 Å². The van der Waals surface area contributed by atoms with Gasteiger partial charge in [-0.3, -0.25) is 4.99 Å². The zero-order valence-electron chi connectivity index (χ0n) is 7.47. The van der Waals surface area contributed by atoms with Crippen molar-refractivity contribution in [1.29, 1.82) is 0 Å². The van der Waals surface area contributed by atoms with Crippen LogP contribution in [0.5, 0.6) is 0 Å². The predicted molar refractivity (Wildman–Crippen MR) is 61.0 cm³/mol. The van der Waals surface area contributed by atoms with Crippen LogP contribution in [0.15, 0.2) is 20.4 Å². The van der Waals surface area contributed by atoms with Crippen LogP contribution in [-0.4, -0.2) is 23.2 Å². The third-order valence-corrected chi connectivity index (χ3v) is 3.01. The molecule has 0 spiro atoms. The van der Waals surface area contributed by atoms with Crippen molar-refractivity contribution in [3.05, 3.63) is 6.20 Å². The summed E-state index contributed by atoms with van der Waals surface area (Å²) in [5.41, 5.74) is 15.9. The zero-order chi connectivity index (χ0) is 10.6. The molecule has 0 bridgehead atoms. The van der Waals surface area contributed by atoms with Gasteiger partial charge in [-0.05, 0) is 11.8 Å². The molecular weight excluding hydrogens is 220 g/mol. The average Bonchev–Trinajstić information content (AvgIpc) is 2.51. The van der Waals surface area contributed by atoms with Gasteiger partial charge in [0, 0.05) is 7.05 Å². The van der Waals surface area contributed by atoms with Crippen molar-refractivity contribution in [2.75, 3.05) is 7.05 Å². The van der Waals surface area contributed by atoms with Crippen LogP contribution in [0.2, 0.25) is 0 Å². The van der Waals surface area contributed by atoms with Gasteiger partial charge in [0.1, 0.15) is 0 Å². The summed E-state index contributed by atoms with van der Waals surface area (Å²) in [6.07, 6.45) is 1.65. The minimum absolute atomic E-state index is 0.00645. The van der Waals surface area contributed by atoms with Crippen LogP contribution in [-0.2, 0) is 0 Å². The van der Waals surface area contributed by atoms with Gasteiger partial charge >= 0.3 is 0 Å². The van der Waals surface area contributed by atoms with Crippen LogP contribution in [0.4, 0.5) is 5.13 Å². The summed E-state index contributed by atoms with van der Waals surface area (Å²) in [6.45, 7) is 0. The minimum Gasteiger partial charge on any atom is -0.378 e. The maximum Gasteiger partial charge on any atom is 0.213 e. The van der Waals surface area contributed by atoms with E-state index in [0.717, 1.165) is 4.21 Å². The van der Waals surface area contributed by atoms with E-state index in [1.165, 1.54) is 23.1 Å². The highest BCUT2D eigenvalue weighted by molar-refractivity contribution is 8.15. The monoisotopic (exact) mass is 230 g/mol. The first kappa shape index (κ1) is 10.8. The zero-order valence-corrected chi connectivity index (χ0v) is 9.10. The largest absolute Gasteiger partial charge is 0.378 e. The van der Waals surface area contributed by atoms with E-state index in [2.05, 4.69) is 15.0 Å². The molecule has 0 unspecified atom stereocenters. The first-order valence-electron chi connectivity index (χ1n) is 3.57. The fourth-order valence-electron chi connectivity index (χ4n) is 0.609. The molecule has 6 nitrogen and oxygen atoms in total. The number of hydrogen-bond donors (Lipinski definition) is 3. The van der Waals surface area contributed by atoms with Gasteiger partial charge in [0.15, 0.2) is 11.1 Å². The maximum absolute atomic E-state index is 5.52. The van der Waals surface area contributed by atoms with Gasteiger partial charge in [-0.1, -0.05) is 11.3 Å². The van der Waals surface area contributed by atoms with Gasteiger partial charge in [0.2, 0.25) is 5.13 Å². The number of aliphatic imine (C=N–C) groups is 2. The number of rotatable bonds is 2. The summed E-state index contributed by atoms with van der Waals surface area (Å²) in [7, 11) is 1.63. The van der Waals surface area contributed by atoms with Gasteiger partial charge in [0.25, 0.3) is 0 Å². The van der Waals surface area contributed by atoms with Gasteiger partial charge in [-0.25, -0.2) is 4.98 Å². The van der Waals surface area contributed by atoms with E-state index in [1.807, 2.05) is 0 Å². The lowest BCUT2D eigenvalue weighted by Gasteiger charge is -1.92. The molecule has 14 heavy (non-hydrogen) atoms. The molecule has 1 aromatic rings. The smallest absolute Gasteiger partial charge is 0.213 e. The fraction of sp³-hybridized carbons (Fsp3) is 0.167. The molecule has 0 aliphatic heterocycles. The molecule has 1 rings (SSSR count). The Hall–Kier alpha value is -1.28. The first-order valence-corrected chi connectivity index (χ1v) is 5.20. The van der Waals surface area contributed by atoms with E-state index in [9.17, 15) is 0 Å². The summed E-state index contributed by atoms with van der Waals surface area (Å²) in [6, 6.07) is 0. The van der Waals surface area contributed by atoms with E-state index >= 15 is 0 Å². The molecule has 0 saturated heterocycles. The van der Waals surface area contributed by atoms with Crippen molar-refractivity contribution >= 4 is 39.4 Å². The second-order valence-corrected chi connectivity index (χ2v) is 4.49. The van der Waals surface area contributed by atoms with Crippen molar-refractivity contribution in [2.45, 2.75) is 4.21 Å². The number of thioether (sulfide) groups is 1. The van der Waals surface area contributed by atoms with E-state index in [4.69, 9.17) is 17.2 Å². The average molecular weight is 230 g/mol. The minimum atomic E-state index is -0.00645. The third kappa shape index (κ3) is 3.23. The van der Waals surface area contributed by atoms with Gasteiger partial charge in [0.05, 0.1) is 10.4 Å². The van der Waals surface area contributed by atoms with E-state index < -0.39 is 0 Å². The highest BCUT2D eigenvalue weighted by Crippen LogP contribution is 2.29. The summed E-state index contributed by atoms with van der Waals surface area (Å²) in [5.74, 6) is -0.00645. The Kier molecular flexibility index (Phi) is 3.72. The molecule has 6 N–H and O–H groups in total. The van der Waals surface area contributed by atoms with Gasteiger partial charge in [-0.2, -0.15) is 4.99 Å². The van der Waals surface area contributed by atoms with Gasteiger partial charge in [-0.15, -0.1) is 0 Å². The van der Waals surface area contributed by atoms with Crippen molar-refractivity contribution in [1.82, 2.24) is 4.98 Å². The molecule has 1 heterocycles. The Bertz CT molecular complexity index is 364. The van der Waals surface area contributed by atoms with E-state index in [-0.39, 0.29) is 5.96 Å². The molecule has 0 atom stereocenters. The Morgan fingerprint density at radius 2 is 2.21 bits per heavy atom. The first-order chi connectivity index (χ1) is 6.61. The SMILES string of the molecule is CN=C(N)Sc1cnc(N=C(N)N)s1. The lowest BCUT2D eigenvalue weighted by atomic mass is 11.0. The predicted octanol–water partition coefficient (Wildman–Crippen LogP) is 0.0846. The maximum atomic E-state index is 5.52. The van der Waals surface area contributed by atoms with Crippen molar-refractivity contribution < 1.29 is 0 Å². The van der Waals surface area contributed by atoms with Crippen LogP contribution in [0.25, 0.3) is 0 Å². The van der Waals surface area contributed by atoms with E-state index in [1.54, 1.807) is 13.2 Å². The molecule has 0 aliphatic carbocycles. The lowest BCUT2D eigenvalue weighted by molar-refractivity contribution is 1.31. The number of thiazole rings is 1. The third-order valence-electron chi connectivity index (χ3n) is 1.12. The molecule has 0 radical (unpaired) electrons. The molecule has 8 heteroatoms.